The van der Waals surface area contributed by atoms with Crippen LogP contribution in [0.1, 0.15) is 6.42 Å². The van der Waals surface area contributed by atoms with Gasteiger partial charge in [-0.1, -0.05) is 12.1 Å². The summed E-state index contributed by atoms with van der Waals surface area (Å²) >= 11 is 3.44. The van der Waals surface area contributed by atoms with Crippen molar-refractivity contribution in [1.29, 1.82) is 0 Å². The quantitative estimate of drug-likeness (QED) is 0.942. The number of benzene rings is 1. The van der Waals surface area contributed by atoms with E-state index in [2.05, 4.69) is 38.4 Å². The van der Waals surface area contributed by atoms with Crippen molar-refractivity contribution in [2.24, 2.45) is 0 Å². The van der Waals surface area contributed by atoms with Gasteiger partial charge in [-0.25, -0.2) is 0 Å². The first-order chi connectivity index (χ1) is 9.33. The van der Waals surface area contributed by atoms with E-state index in [4.69, 9.17) is 9.47 Å². The molecule has 2 heterocycles. The lowest BCUT2D eigenvalue weighted by Crippen LogP contribution is -2.30. The molecule has 2 aromatic rings. The number of anilines is 1. The highest BCUT2D eigenvalue weighted by Gasteiger charge is 2.14. The lowest BCUT2D eigenvalue weighted by Gasteiger charge is -2.23. The van der Waals surface area contributed by atoms with Crippen LogP contribution >= 0.6 is 15.9 Å². The molecule has 1 N–H and O–H groups in total. The van der Waals surface area contributed by atoms with Gasteiger partial charge in [-0.05, 0) is 34.5 Å². The zero-order valence-electron chi connectivity index (χ0n) is 10.4. The molecule has 0 saturated carbocycles. The molecule has 1 unspecified atom stereocenters. The van der Waals surface area contributed by atoms with Crippen LogP contribution in [0.4, 0.5) is 5.69 Å². The van der Waals surface area contributed by atoms with Gasteiger partial charge < -0.3 is 14.8 Å². The van der Waals surface area contributed by atoms with E-state index in [9.17, 15) is 0 Å². The summed E-state index contributed by atoms with van der Waals surface area (Å²) < 4.78 is 11.7. The number of pyridine rings is 1. The van der Waals surface area contributed by atoms with E-state index in [1.807, 2.05) is 18.3 Å². The van der Waals surface area contributed by atoms with Crippen LogP contribution in [0, 0.1) is 0 Å². The second-order valence-electron chi connectivity index (χ2n) is 4.52. The van der Waals surface area contributed by atoms with Crippen molar-refractivity contribution < 1.29 is 9.47 Å². The van der Waals surface area contributed by atoms with Gasteiger partial charge in [0.1, 0.15) is 6.79 Å². The van der Waals surface area contributed by atoms with Crippen molar-refractivity contribution in [1.82, 2.24) is 4.98 Å². The second kappa shape index (κ2) is 5.86. The Bertz CT molecular complexity index is 570. The molecule has 1 aromatic heterocycles. The summed E-state index contributed by atoms with van der Waals surface area (Å²) in [6, 6.07) is 8.20. The Hall–Kier alpha value is -1.17. The summed E-state index contributed by atoms with van der Waals surface area (Å²) in [5.41, 5.74) is 2.03. The van der Waals surface area contributed by atoms with Gasteiger partial charge in [-0.3, -0.25) is 4.98 Å². The van der Waals surface area contributed by atoms with Crippen LogP contribution in [0.2, 0.25) is 0 Å². The number of hydrogen-bond donors (Lipinski definition) is 1. The van der Waals surface area contributed by atoms with Crippen LogP contribution < -0.4 is 5.32 Å². The maximum absolute atomic E-state index is 5.52. The maximum Gasteiger partial charge on any atom is 0.147 e. The van der Waals surface area contributed by atoms with Crippen molar-refractivity contribution >= 4 is 32.5 Å². The minimum Gasteiger partial charge on any atom is -0.381 e. The Morgan fingerprint density at radius 3 is 3.21 bits per heavy atom. The van der Waals surface area contributed by atoms with Gasteiger partial charge in [-0.15, -0.1) is 0 Å². The fourth-order valence-electron chi connectivity index (χ4n) is 2.16. The van der Waals surface area contributed by atoms with Gasteiger partial charge in [-0.2, -0.15) is 0 Å². The number of rotatable bonds is 3. The number of hydrogen-bond acceptors (Lipinski definition) is 4. The zero-order valence-corrected chi connectivity index (χ0v) is 12.0. The number of ether oxygens (including phenoxy) is 2. The third kappa shape index (κ3) is 3.05. The van der Waals surface area contributed by atoms with E-state index in [0.29, 0.717) is 6.79 Å². The molecule has 0 aliphatic carbocycles. The van der Waals surface area contributed by atoms with Gasteiger partial charge >= 0.3 is 0 Å². The molecule has 1 fully saturated rings. The second-order valence-corrected chi connectivity index (χ2v) is 5.43. The summed E-state index contributed by atoms with van der Waals surface area (Å²) in [5, 5.41) is 4.54. The predicted molar refractivity (Wildman–Crippen MR) is 78.2 cm³/mol. The molecular weight excluding hydrogens is 308 g/mol. The number of para-hydroxylation sites is 1. The predicted octanol–water partition coefficient (Wildman–Crippen LogP) is 3.17. The molecule has 19 heavy (non-hydrogen) atoms. The number of aromatic nitrogens is 1. The lowest BCUT2D eigenvalue weighted by molar-refractivity contribution is -0.133. The molecule has 1 aliphatic rings. The van der Waals surface area contributed by atoms with Crippen molar-refractivity contribution in [3.8, 4) is 0 Å². The Kier molecular flexibility index (Phi) is 3.96. The van der Waals surface area contributed by atoms with Gasteiger partial charge in [0.05, 0.1) is 23.9 Å². The smallest absolute Gasteiger partial charge is 0.147 e. The number of nitrogens with zero attached hydrogens (tertiary/aromatic N) is 1. The molecule has 100 valence electrons. The minimum absolute atomic E-state index is 0.208. The number of halogens is 1. The van der Waals surface area contributed by atoms with Gasteiger partial charge in [0, 0.05) is 22.6 Å². The maximum atomic E-state index is 5.52. The van der Waals surface area contributed by atoms with Crippen LogP contribution in [0.15, 0.2) is 34.9 Å². The third-order valence-electron chi connectivity index (χ3n) is 3.17. The van der Waals surface area contributed by atoms with Crippen LogP contribution in [-0.2, 0) is 9.47 Å². The monoisotopic (exact) mass is 322 g/mol. The Balaban J connectivity index is 1.76. The first-order valence-electron chi connectivity index (χ1n) is 6.30. The largest absolute Gasteiger partial charge is 0.381 e. The van der Waals surface area contributed by atoms with Crippen molar-refractivity contribution in [2.75, 3.05) is 25.3 Å². The van der Waals surface area contributed by atoms with E-state index in [1.165, 1.54) is 0 Å². The van der Waals surface area contributed by atoms with Crippen LogP contribution in [0.5, 0.6) is 0 Å². The number of nitrogens with one attached hydrogen (secondary N) is 1. The average Bonchev–Trinajstić information content (AvgIpc) is 2.45. The summed E-state index contributed by atoms with van der Waals surface area (Å²) in [7, 11) is 0. The van der Waals surface area contributed by atoms with E-state index < -0.39 is 0 Å². The molecule has 1 saturated heterocycles. The fourth-order valence-corrected chi connectivity index (χ4v) is 2.51. The minimum atomic E-state index is 0.208. The molecule has 1 aromatic carbocycles. The standard InChI is InChI=1S/C14H15BrN2O2/c15-11-6-10-2-1-3-13(14(10)17-7-11)16-8-12-4-5-18-9-19-12/h1-3,6-7,12,16H,4-5,8-9H2. The van der Waals surface area contributed by atoms with E-state index in [-0.39, 0.29) is 6.10 Å². The summed E-state index contributed by atoms with van der Waals surface area (Å²) in [6.45, 7) is 1.94. The average molecular weight is 323 g/mol. The van der Waals surface area contributed by atoms with Gasteiger partial charge in [0.15, 0.2) is 0 Å². The van der Waals surface area contributed by atoms with Crippen molar-refractivity contribution in [3.63, 3.8) is 0 Å². The molecule has 4 nitrogen and oxygen atoms in total. The van der Waals surface area contributed by atoms with Crippen LogP contribution in [-0.4, -0.2) is 31.0 Å². The van der Waals surface area contributed by atoms with Gasteiger partial charge in [0.2, 0.25) is 0 Å². The SMILES string of the molecule is Brc1cnc2c(NCC3CCOCO3)cccc2c1. The molecule has 1 atom stereocenters. The van der Waals surface area contributed by atoms with E-state index in [1.54, 1.807) is 0 Å². The number of fused-ring (bicyclic) bond motifs is 1. The highest BCUT2D eigenvalue weighted by Crippen LogP contribution is 2.24. The zero-order chi connectivity index (χ0) is 13.1. The Morgan fingerprint density at radius 1 is 1.42 bits per heavy atom. The highest BCUT2D eigenvalue weighted by atomic mass is 79.9. The highest BCUT2D eigenvalue weighted by molar-refractivity contribution is 9.10. The summed E-state index contributed by atoms with van der Waals surface area (Å²) in [4.78, 5) is 4.47. The molecule has 3 rings (SSSR count). The molecule has 0 bridgehead atoms. The Labute approximate surface area is 120 Å². The molecule has 0 radical (unpaired) electrons. The molecule has 5 heteroatoms. The fraction of sp³-hybridized carbons (Fsp3) is 0.357. The van der Waals surface area contributed by atoms with Gasteiger partial charge in [0.25, 0.3) is 0 Å². The van der Waals surface area contributed by atoms with Crippen molar-refractivity contribution in [2.45, 2.75) is 12.5 Å². The molecule has 0 amide bonds. The lowest BCUT2D eigenvalue weighted by atomic mass is 10.2. The molecule has 1 aliphatic heterocycles. The Morgan fingerprint density at radius 2 is 2.37 bits per heavy atom. The summed E-state index contributed by atoms with van der Waals surface area (Å²) in [5.74, 6) is 0. The van der Waals surface area contributed by atoms with E-state index >= 15 is 0 Å². The summed E-state index contributed by atoms with van der Waals surface area (Å²) in [6.07, 6.45) is 2.95. The topological polar surface area (TPSA) is 43.4 Å². The molecule has 0 spiro atoms. The van der Waals surface area contributed by atoms with Crippen molar-refractivity contribution in [3.05, 3.63) is 34.9 Å². The molecular formula is C14H15BrN2O2. The third-order valence-corrected chi connectivity index (χ3v) is 3.60. The van der Waals surface area contributed by atoms with Crippen LogP contribution in [0.3, 0.4) is 0 Å². The van der Waals surface area contributed by atoms with Crippen LogP contribution in [0.25, 0.3) is 10.9 Å². The first-order valence-corrected chi connectivity index (χ1v) is 7.10. The van der Waals surface area contributed by atoms with E-state index in [0.717, 1.165) is 40.6 Å². The first kappa shape index (κ1) is 12.8. The normalized spacial score (nSPS) is 19.5.